The van der Waals surface area contributed by atoms with E-state index < -0.39 is 7.55 Å². The van der Waals surface area contributed by atoms with Gasteiger partial charge in [-0.1, -0.05) is 33.6 Å². The van der Waals surface area contributed by atoms with Gasteiger partial charge in [-0.25, -0.2) is 0 Å². The molecule has 0 radical (unpaired) electrons. The molecule has 74 valence electrons. The second-order valence-corrected chi connectivity index (χ2v) is 9.75. The second-order valence-electron chi connectivity index (χ2n) is 3.77. The fourth-order valence-corrected chi connectivity index (χ4v) is 5.75. The average molecular weight is 208 g/mol. The summed E-state index contributed by atoms with van der Waals surface area (Å²) in [4.78, 5) is 0. The molecule has 0 aliphatic heterocycles. The van der Waals surface area contributed by atoms with E-state index in [9.17, 15) is 0 Å². The molecule has 0 bridgehead atoms. The van der Waals surface area contributed by atoms with E-state index in [1.54, 1.807) is 0 Å². The maximum atomic E-state index is 6.69. The molecule has 12 heavy (non-hydrogen) atoms. The molecule has 0 aliphatic carbocycles. The molecule has 0 saturated heterocycles. The van der Waals surface area contributed by atoms with Gasteiger partial charge in [0.15, 0.2) is 0 Å². The van der Waals surface area contributed by atoms with E-state index in [0.717, 1.165) is 0 Å². The molecule has 0 amide bonds. The van der Waals surface area contributed by atoms with Crippen LogP contribution in [0.3, 0.4) is 0 Å². The summed E-state index contributed by atoms with van der Waals surface area (Å²) in [6, 6.07) is 1.20. The molecule has 0 aromatic rings. The fraction of sp³-hybridized carbons (Fsp3) is 1.00. The Balaban J connectivity index is 4.37. The molecule has 1 nitrogen and oxygen atoms in total. The van der Waals surface area contributed by atoms with Gasteiger partial charge in [0.05, 0.1) is 0 Å². The molecule has 0 spiro atoms. The molecule has 0 aromatic heterocycles. The van der Waals surface area contributed by atoms with Gasteiger partial charge in [0, 0.05) is 0 Å². The van der Waals surface area contributed by atoms with Crippen molar-refractivity contribution < 1.29 is 0 Å². The van der Waals surface area contributed by atoms with Gasteiger partial charge in [-0.3, -0.25) is 0 Å². The van der Waals surface area contributed by atoms with Crippen molar-refractivity contribution in [1.29, 1.82) is 0 Å². The first-order valence-corrected chi connectivity index (χ1v) is 8.09. The Morgan fingerprint density at radius 3 is 2.08 bits per heavy atom. The number of rotatable bonds is 5. The van der Waals surface area contributed by atoms with Crippen LogP contribution in [0.25, 0.3) is 0 Å². The quantitative estimate of drug-likeness (QED) is 0.493. The summed E-state index contributed by atoms with van der Waals surface area (Å²) in [7, 11) is 2.63. The summed E-state index contributed by atoms with van der Waals surface area (Å²) in [5.41, 5.74) is 0.689. The predicted molar refractivity (Wildman–Crippen MR) is 60.1 cm³/mol. The van der Waals surface area contributed by atoms with Crippen LogP contribution in [0.1, 0.15) is 33.6 Å². The van der Waals surface area contributed by atoms with E-state index in [1.807, 2.05) is 0 Å². The minimum absolute atomic E-state index is 0.689. The van der Waals surface area contributed by atoms with E-state index in [2.05, 4.69) is 39.4 Å². The Bertz CT molecular complexity index is 130. The van der Waals surface area contributed by atoms with Crippen LogP contribution in [0.4, 0.5) is 0 Å². The number of hydrogen-bond acceptors (Lipinski definition) is 1. The zero-order valence-electron chi connectivity index (χ0n) is 9.02. The highest BCUT2D eigenvalue weighted by atomic mass is 35.6. The van der Waals surface area contributed by atoms with E-state index in [4.69, 9.17) is 11.1 Å². The van der Waals surface area contributed by atoms with Gasteiger partial charge in [-0.05, 0) is 25.7 Å². The molecular formula is C9H22ClNSi. The van der Waals surface area contributed by atoms with Crippen LogP contribution in [0.5, 0.6) is 0 Å². The lowest BCUT2D eigenvalue weighted by molar-refractivity contribution is 0.591. The molecule has 2 unspecified atom stereocenters. The van der Waals surface area contributed by atoms with Crippen molar-refractivity contribution in [3.63, 3.8) is 0 Å². The molecule has 0 N–H and O–H groups in total. The minimum Gasteiger partial charge on any atom is -0.317 e. The van der Waals surface area contributed by atoms with Crippen LogP contribution in [0.2, 0.25) is 11.6 Å². The van der Waals surface area contributed by atoms with Gasteiger partial charge in [0.2, 0.25) is 7.55 Å². The van der Waals surface area contributed by atoms with Gasteiger partial charge < -0.3 is 4.57 Å². The predicted octanol–water partition coefficient (Wildman–Crippen LogP) is 3.44. The summed E-state index contributed by atoms with van der Waals surface area (Å²) in [5.74, 6) is 0. The minimum atomic E-state index is -1.62. The smallest absolute Gasteiger partial charge is 0.231 e. The largest absolute Gasteiger partial charge is 0.317 e. The Labute approximate surface area is 82.9 Å². The fourth-order valence-electron chi connectivity index (χ4n) is 1.57. The Morgan fingerprint density at radius 1 is 1.33 bits per heavy atom. The molecular weight excluding hydrogens is 186 g/mol. The van der Waals surface area contributed by atoms with Crippen molar-refractivity contribution in [2.24, 2.45) is 0 Å². The Morgan fingerprint density at radius 2 is 1.83 bits per heavy atom. The van der Waals surface area contributed by atoms with Crippen LogP contribution in [-0.2, 0) is 0 Å². The summed E-state index contributed by atoms with van der Waals surface area (Å²) in [6.45, 7) is 6.73. The van der Waals surface area contributed by atoms with Crippen molar-refractivity contribution in [3.05, 3.63) is 0 Å². The zero-order chi connectivity index (χ0) is 9.78. The summed E-state index contributed by atoms with van der Waals surface area (Å²) < 4.78 is 2.28. The monoisotopic (exact) mass is 207 g/mol. The first kappa shape index (κ1) is 12.5. The maximum absolute atomic E-state index is 6.69. The molecule has 0 rings (SSSR count). The third kappa shape index (κ3) is 2.75. The van der Waals surface area contributed by atoms with Crippen LogP contribution in [0, 0.1) is 0 Å². The average Bonchev–Trinajstić information content (AvgIpc) is 2.03. The molecule has 0 aliphatic rings. The van der Waals surface area contributed by atoms with Crippen LogP contribution < -0.4 is 0 Å². The third-order valence-electron chi connectivity index (χ3n) is 2.71. The molecule has 0 fully saturated rings. The lowest BCUT2D eigenvalue weighted by Crippen LogP contribution is -2.47. The zero-order valence-corrected chi connectivity index (χ0v) is 10.8. The van der Waals surface area contributed by atoms with E-state index in [1.165, 1.54) is 18.9 Å². The van der Waals surface area contributed by atoms with E-state index >= 15 is 0 Å². The normalized spacial score (nSPS) is 19.2. The van der Waals surface area contributed by atoms with Gasteiger partial charge in [-0.15, -0.1) is 11.1 Å². The SMILES string of the molecule is CCC[Si](Cl)(C(C)CC)N(C)C. The van der Waals surface area contributed by atoms with Crippen molar-refractivity contribution >= 4 is 18.6 Å². The van der Waals surface area contributed by atoms with E-state index in [-0.39, 0.29) is 0 Å². The lowest BCUT2D eigenvalue weighted by Gasteiger charge is -2.36. The van der Waals surface area contributed by atoms with Gasteiger partial charge in [0.1, 0.15) is 0 Å². The first-order valence-electron chi connectivity index (χ1n) is 4.85. The van der Waals surface area contributed by atoms with Crippen molar-refractivity contribution in [2.75, 3.05) is 14.1 Å². The van der Waals surface area contributed by atoms with Gasteiger partial charge in [0.25, 0.3) is 0 Å². The maximum Gasteiger partial charge on any atom is 0.231 e. The molecule has 0 saturated carbocycles. The summed E-state index contributed by atoms with van der Waals surface area (Å²) in [6.07, 6.45) is 2.41. The number of halogens is 1. The highest BCUT2D eigenvalue weighted by molar-refractivity contribution is 7.19. The second kappa shape index (κ2) is 5.25. The van der Waals surface area contributed by atoms with Crippen LogP contribution in [0.15, 0.2) is 0 Å². The topological polar surface area (TPSA) is 3.24 Å². The van der Waals surface area contributed by atoms with Crippen LogP contribution in [-0.4, -0.2) is 26.2 Å². The first-order chi connectivity index (χ1) is 5.49. The Kier molecular flexibility index (Phi) is 5.46. The summed E-state index contributed by atoms with van der Waals surface area (Å²) >= 11 is 6.69. The van der Waals surface area contributed by atoms with Crippen LogP contribution >= 0.6 is 11.1 Å². The van der Waals surface area contributed by atoms with Gasteiger partial charge in [-0.2, -0.15) is 0 Å². The molecule has 2 atom stereocenters. The summed E-state index contributed by atoms with van der Waals surface area (Å²) in [5, 5.41) is 0. The van der Waals surface area contributed by atoms with Gasteiger partial charge >= 0.3 is 0 Å². The number of nitrogens with zero attached hydrogens (tertiary/aromatic N) is 1. The standard InChI is InChI=1S/C9H22ClNSi/c1-6-8-12(10,11(4)5)9(3)7-2/h9H,6-8H2,1-5H3. The Hall–Kier alpha value is 0.467. The molecule has 0 heterocycles. The number of hydrogen-bond donors (Lipinski definition) is 0. The third-order valence-corrected chi connectivity index (χ3v) is 10.0. The van der Waals surface area contributed by atoms with E-state index in [0.29, 0.717) is 5.54 Å². The van der Waals surface area contributed by atoms with Crippen molar-refractivity contribution in [2.45, 2.75) is 45.2 Å². The highest BCUT2D eigenvalue weighted by Crippen LogP contribution is 2.34. The lowest BCUT2D eigenvalue weighted by atomic mass is 10.4. The van der Waals surface area contributed by atoms with Crippen molar-refractivity contribution in [3.8, 4) is 0 Å². The molecule has 3 heteroatoms. The van der Waals surface area contributed by atoms with Crippen molar-refractivity contribution in [1.82, 2.24) is 4.57 Å². The highest BCUT2D eigenvalue weighted by Gasteiger charge is 2.37. The molecule has 0 aromatic carbocycles.